The monoisotopic (exact) mass is 223 g/mol. The van der Waals surface area contributed by atoms with E-state index in [4.69, 9.17) is 5.73 Å². The number of hydrogen-bond donors (Lipinski definition) is 1. The molecule has 0 unspecified atom stereocenters. The normalized spacial score (nSPS) is 10.8. The maximum Gasteiger partial charge on any atom is 0.326 e. The van der Waals surface area contributed by atoms with Crippen LogP contribution in [0.15, 0.2) is 10.9 Å². The molecule has 0 bridgehead atoms. The van der Waals surface area contributed by atoms with Gasteiger partial charge in [-0.05, 0) is 19.9 Å². The summed E-state index contributed by atoms with van der Waals surface area (Å²) in [5.41, 5.74) is 5.51. The molecule has 15 heavy (non-hydrogen) atoms. The van der Waals surface area contributed by atoms with Crippen LogP contribution in [0.1, 0.15) is 10.7 Å². The van der Waals surface area contributed by atoms with E-state index in [0.717, 1.165) is 14.3 Å². The van der Waals surface area contributed by atoms with E-state index >= 15 is 0 Å². The molecule has 2 N–H and O–H groups in total. The third kappa shape index (κ3) is 1.42. The average molecular weight is 223 g/mol. The van der Waals surface area contributed by atoms with E-state index in [-0.39, 0.29) is 0 Å². The topological polar surface area (TPSA) is 78.0 Å². The third-order valence-electron chi connectivity index (χ3n) is 2.08. The molecule has 6 heteroatoms. The van der Waals surface area contributed by atoms with Crippen molar-refractivity contribution in [2.75, 3.05) is 0 Å². The molecule has 0 spiro atoms. The van der Waals surface area contributed by atoms with E-state index in [1.807, 2.05) is 6.92 Å². The van der Waals surface area contributed by atoms with Gasteiger partial charge in [-0.3, -0.25) is 4.79 Å². The molecule has 1 amide bonds. The molecule has 5 nitrogen and oxygen atoms in total. The quantitative estimate of drug-likeness (QED) is 0.723. The summed E-state index contributed by atoms with van der Waals surface area (Å²) < 4.78 is 1.72. The van der Waals surface area contributed by atoms with Crippen molar-refractivity contribution in [3.05, 3.63) is 27.1 Å². The van der Waals surface area contributed by atoms with Gasteiger partial charge in [0.2, 0.25) is 0 Å². The summed E-state index contributed by atoms with van der Waals surface area (Å²) in [6.45, 7) is 3.48. The molecular formula is C9H9N3O2S. The van der Waals surface area contributed by atoms with Crippen LogP contribution >= 0.6 is 11.3 Å². The Labute approximate surface area is 89.2 Å². The van der Waals surface area contributed by atoms with E-state index < -0.39 is 11.6 Å². The zero-order valence-electron chi connectivity index (χ0n) is 8.27. The number of carbonyl (C=O) groups excluding carboxylic acids is 1. The van der Waals surface area contributed by atoms with E-state index in [9.17, 15) is 9.59 Å². The number of primary amides is 1. The summed E-state index contributed by atoms with van der Waals surface area (Å²) in [6.07, 6.45) is 0. The number of thiazole rings is 1. The van der Waals surface area contributed by atoms with Crippen molar-refractivity contribution in [2.24, 2.45) is 5.73 Å². The van der Waals surface area contributed by atoms with Crippen LogP contribution in [0.2, 0.25) is 0 Å². The number of nitrogens with zero attached hydrogens (tertiary/aromatic N) is 2. The summed E-state index contributed by atoms with van der Waals surface area (Å²) in [7, 11) is 0. The first-order valence-corrected chi connectivity index (χ1v) is 5.12. The van der Waals surface area contributed by atoms with Gasteiger partial charge >= 0.3 is 6.03 Å². The Bertz CT molecular complexity index is 612. The molecule has 2 heterocycles. The molecule has 78 valence electrons. The second-order valence-corrected chi connectivity index (χ2v) is 4.45. The van der Waals surface area contributed by atoms with Crippen LogP contribution in [-0.4, -0.2) is 15.6 Å². The smallest absolute Gasteiger partial charge is 0.326 e. The van der Waals surface area contributed by atoms with Gasteiger partial charge in [0.1, 0.15) is 5.52 Å². The predicted octanol–water partition coefficient (Wildman–Crippen LogP) is 1.00. The van der Waals surface area contributed by atoms with Gasteiger partial charge in [-0.2, -0.15) is 0 Å². The summed E-state index contributed by atoms with van der Waals surface area (Å²) >= 11 is 1.42. The SMILES string of the molecule is Cc1nc2c(=O)n(C(N)=O)c(C)cc2s1. The Hall–Kier alpha value is -1.69. The predicted molar refractivity (Wildman–Crippen MR) is 58.3 cm³/mol. The molecule has 2 aromatic heterocycles. The van der Waals surface area contributed by atoms with Gasteiger partial charge < -0.3 is 5.73 Å². The van der Waals surface area contributed by atoms with Gasteiger partial charge in [-0.1, -0.05) is 0 Å². The Morgan fingerprint density at radius 3 is 2.80 bits per heavy atom. The molecular weight excluding hydrogens is 214 g/mol. The average Bonchev–Trinajstić information content (AvgIpc) is 2.45. The largest absolute Gasteiger partial charge is 0.351 e. The van der Waals surface area contributed by atoms with Crippen molar-refractivity contribution in [1.29, 1.82) is 0 Å². The lowest BCUT2D eigenvalue weighted by atomic mass is 10.3. The summed E-state index contributed by atoms with van der Waals surface area (Å²) in [5, 5.41) is 0.795. The second kappa shape index (κ2) is 3.16. The molecule has 0 aliphatic carbocycles. The van der Waals surface area contributed by atoms with Gasteiger partial charge in [0.25, 0.3) is 5.56 Å². The highest BCUT2D eigenvalue weighted by Crippen LogP contribution is 2.19. The molecule has 0 fully saturated rings. The lowest BCUT2D eigenvalue weighted by Crippen LogP contribution is -2.33. The third-order valence-corrected chi connectivity index (χ3v) is 3.00. The lowest BCUT2D eigenvalue weighted by molar-refractivity contribution is 0.249. The summed E-state index contributed by atoms with van der Waals surface area (Å²) in [4.78, 5) is 26.9. The van der Waals surface area contributed by atoms with Crippen molar-refractivity contribution < 1.29 is 4.79 Å². The minimum absolute atomic E-state index is 0.307. The highest BCUT2D eigenvalue weighted by Gasteiger charge is 2.13. The molecule has 0 atom stereocenters. The number of nitrogens with two attached hydrogens (primary N) is 1. The highest BCUT2D eigenvalue weighted by molar-refractivity contribution is 7.18. The minimum atomic E-state index is -0.773. The number of amides is 1. The van der Waals surface area contributed by atoms with Crippen LogP contribution in [0.3, 0.4) is 0 Å². The van der Waals surface area contributed by atoms with Crippen molar-refractivity contribution in [2.45, 2.75) is 13.8 Å². The van der Waals surface area contributed by atoms with Crippen LogP contribution in [0.4, 0.5) is 4.79 Å². The van der Waals surface area contributed by atoms with Gasteiger partial charge in [0, 0.05) is 5.69 Å². The van der Waals surface area contributed by atoms with Crippen molar-refractivity contribution >= 4 is 27.6 Å². The minimum Gasteiger partial charge on any atom is -0.351 e. The van der Waals surface area contributed by atoms with Gasteiger partial charge in [-0.25, -0.2) is 14.3 Å². The first kappa shape index (κ1) is 9.85. The first-order chi connectivity index (χ1) is 7.00. The maximum absolute atomic E-state index is 11.8. The Kier molecular flexibility index (Phi) is 2.08. The highest BCUT2D eigenvalue weighted by atomic mass is 32.1. The Balaban J connectivity index is 2.96. The number of fused-ring (bicyclic) bond motifs is 1. The Morgan fingerprint density at radius 1 is 1.53 bits per heavy atom. The zero-order chi connectivity index (χ0) is 11.2. The molecule has 2 aromatic rings. The van der Waals surface area contributed by atoms with Crippen molar-refractivity contribution in [3.63, 3.8) is 0 Å². The molecule has 2 rings (SSSR count). The van der Waals surface area contributed by atoms with Crippen molar-refractivity contribution in [3.8, 4) is 0 Å². The number of pyridine rings is 1. The van der Waals surface area contributed by atoms with Crippen LogP contribution in [0, 0.1) is 13.8 Å². The fourth-order valence-electron chi connectivity index (χ4n) is 1.49. The fourth-order valence-corrected chi connectivity index (χ4v) is 2.40. The lowest BCUT2D eigenvalue weighted by Gasteiger charge is -2.03. The maximum atomic E-state index is 11.8. The second-order valence-electron chi connectivity index (χ2n) is 3.21. The number of rotatable bonds is 0. The van der Waals surface area contributed by atoms with E-state index in [1.54, 1.807) is 13.0 Å². The number of hydrogen-bond acceptors (Lipinski definition) is 4. The van der Waals surface area contributed by atoms with Crippen LogP contribution < -0.4 is 11.3 Å². The number of aromatic nitrogens is 2. The van der Waals surface area contributed by atoms with Crippen molar-refractivity contribution in [1.82, 2.24) is 9.55 Å². The summed E-state index contributed by atoms with van der Waals surface area (Å²) in [6, 6.07) is 0.969. The standard InChI is InChI=1S/C9H9N3O2S/c1-4-3-6-7(11-5(2)15-6)8(13)12(4)9(10)14/h3H,1-2H3,(H2,10,14). The molecule has 0 aliphatic rings. The molecule has 0 saturated carbocycles. The van der Waals surface area contributed by atoms with Gasteiger partial charge in [0.05, 0.1) is 9.71 Å². The van der Waals surface area contributed by atoms with E-state index in [0.29, 0.717) is 11.2 Å². The molecule has 0 radical (unpaired) electrons. The number of carbonyl (C=O) groups is 1. The fraction of sp³-hybridized carbons (Fsp3) is 0.222. The molecule has 0 aromatic carbocycles. The van der Waals surface area contributed by atoms with Crippen LogP contribution in [0.5, 0.6) is 0 Å². The summed E-state index contributed by atoms with van der Waals surface area (Å²) in [5.74, 6) is 0. The Morgan fingerprint density at radius 2 is 2.20 bits per heavy atom. The van der Waals surface area contributed by atoms with E-state index in [1.165, 1.54) is 11.3 Å². The molecule has 0 aliphatic heterocycles. The van der Waals surface area contributed by atoms with Crippen LogP contribution in [-0.2, 0) is 0 Å². The number of aryl methyl sites for hydroxylation is 2. The zero-order valence-corrected chi connectivity index (χ0v) is 9.09. The van der Waals surface area contributed by atoms with E-state index in [2.05, 4.69) is 4.98 Å². The first-order valence-electron chi connectivity index (χ1n) is 4.30. The van der Waals surface area contributed by atoms with Gasteiger partial charge in [0.15, 0.2) is 0 Å². The van der Waals surface area contributed by atoms with Gasteiger partial charge in [-0.15, -0.1) is 11.3 Å². The molecule has 0 saturated heterocycles. The van der Waals surface area contributed by atoms with Crippen LogP contribution in [0.25, 0.3) is 10.2 Å².